The van der Waals surface area contributed by atoms with Crippen LogP contribution in [0.15, 0.2) is 12.4 Å². The molecule has 0 saturated carbocycles. The van der Waals surface area contributed by atoms with Gasteiger partial charge in [0, 0.05) is 14.7 Å². The smallest absolute Gasteiger partial charge is 0.361 e. The van der Waals surface area contributed by atoms with Crippen molar-refractivity contribution < 1.29 is 19.0 Å². The number of methoxy groups -OCH3 is 1. The summed E-state index contributed by atoms with van der Waals surface area (Å²) in [6, 6.07) is 1.04. The van der Waals surface area contributed by atoms with E-state index >= 15 is 0 Å². The number of aromatic nitrogens is 4. The Bertz CT molecular complexity index is 809. The number of carbonyl (C=O) groups is 1. The van der Waals surface area contributed by atoms with E-state index in [0.29, 0.717) is 23.9 Å². The molecule has 2 aromatic heterocycles. The molecule has 0 aliphatic heterocycles. The third kappa shape index (κ3) is 6.46. The molecule has 154 valence electrons. The van der Waals surface area contributed by atoms with Crippen molar-refractivity contribution in [2.24, 2.45) is 0 Å². The first-order valence-corrected chi connectivity index (χ1v) is 13.0. The molecule has 0 amide bonds. The maximum Gasteiger partial charge on any atom is 0.361 e. The van der Waals surface area contributed by atoms with Gasteiger partial charge in [-0.25, -0.2) is 14.5 Å². The van der Waals surface area contributed by atoms with Crippen molar-refractivity contribution in [3.63, 3.8) is 0 Å². The first-order valence-electron chi connectivity index (χ1n) is 8.89. The predicted molar refractivity (Wildman–Crippen MR) is 109 cm³/mol. The van der Waals surface area contributed by atoms with Gasteiger partial charge >= 0.3 is 5.97 Å². The van der Waals surface area contributed by atoms with Crippen LogP contribution in [0.4, 0.5) is 11.5 Å². The van der Waals surface area contributed by atoms with E-state index < -0.39 is 14.0 Å². The molecule has 9 nitrogen and oxygen atoms in total. The average molecular weight is 428 g/mol. The molecule has 2 heterocycles. The summed E-state index contributed by atoms with van der Waals surface area (Å²) in [5.41, 5.74) is 0.521. The molecular formula is C17H26ClN5O4Si. The fourth-order valence-electron chi connectivity index (χ4n) is 2.18. The Morgan fingerprint density at radius 1 is 1.36 bits per heavy atom. The Balaban J connectivity index is 2.20. The van der Waals surface area contributed by atoms with Crippen molar-refractivity contribution in [2.45, 2.75) is 39.3 Å². The van der Waals surface area contributed by atoms with Crippen molar-refractivity contribution in [1.82, 2.24) is 19.7 Å². The number of hydrogen-bond donors (Lipinski definition) is 1. The lowest BCUT2D eigenvalue weighted by atomic mass is 10.3. The topological polar surface area (TPSA) is 100 Å². The van der Waals surface area contributed by atoms with E-state index in [4.69, 9.17) is 25.8 Å². The Hall–Kier alpha value is -2.17. The number of carbonyl (C=O) groups excluding carboxylic acids is 1. The highest BCUT2D eigenvalue weighted by Crippen LogP contribution is 2.27. The van der Waals surface area contributed by atoms with Gasteiger partial charge in [-0.05, 0) is 24.6 Å². The highest BCUT2D eigenvalue weighted by molar-refractivity contribution is 6.76. The van der Waals surface area contributed by atoms with E-state index in [0.717, 1.165) is 6.04 Å². The summed E-state index contributed by atoms with van der Waals surface area (Å²) in [5.74, 6) is 0.135. The zero-order valence-electron chi connectivity index (χ0n) is 16.8. The van der Waals surface area contributed by atoms with E-state index in [-0.39, 0.29) is 24.3 Å². The third-order valence-corrected chi connectivity index (χ3v) is 5.54. The molecule has 2 rings (SSSR count). The van der Waals surface area contributed by atoms with Gasteiger partial charge < -0.3 is 19.5 Å². The van der Waals surface area contributed by atoms with Gasteiger partial charge in [0.15, 0.2) is 17.3 Å². The minimum absolute atomic E-state index is 0.0445. The van der Waals surface area contributed by atoms with Gasteiger partial charge in [0.2, 0.25) is 5.28 Å². The summed E-state index contributed by atoms with van der Waals surface area (Å²) >= 11 is 5.87. The van der Waals surface area contributed by atoms with Gasteiger partial charge in [-0.2, -0.15) is 10.1 Å². The van der Waals surface area contributed by atoms with Crippen molar-refractivity contribution in [2.75, 3.05) is 25.6 Å². The molecule has 1 N–H and O–H groups in total. The second-order valence-electron chi connectivity index (χ2n) is 7.18. The van der Waals surface area contributed by atoms with Crippen LogP contribution in [0, 0.1) is 0 Å². The minimum Gasteiger partial charge on any atom is -0.491 e. The standard InChI is InChI=1S/C17H26ClN5O4Si/c1-6-27-16(24)14-12(20-15-13(25-2)9-19-17(18)21-15)10-23(22-14)11-26-7-8-28(3,4)5/h9-10H,6-8,11H2,1-5H3,(H,19,20,21). The highest BCUT2D eigenvalue weighted by atomic mass is 35.5. The molecule has 0 aromatic carbocycles. The zero-order chi connectivity index (χ0) is 20.7. The Morgan fingerprint density at radius 2 is 2.11 bits per heavy atom. The van der Waals surface area contributed by atoms with Crippen LogP contribution in [0.25, 0.3) is 0 Å². The van der Waals surface area contributed by atoms with Crippen LogP contribution in [-0.4, -0.2) is 54.1 Å². The molecule has 0 radical (unpaired) electrons. The summed E-state index contributed by atoms with van der Waals surface area (Å²) < 4.78 is 17.6. The molecule has 28 heavy (non-hydrogen) atoms. The largest absolute Gasteiger partial charge is 0.491 e. The molecule has 0 aliphatic rings. The quantitative estimate of drug-likeness (QED) is 0.266. The van der Waals surface area contributed by atoms with E-state index in [2.05, 4.69) is 40.0 Å². The van der Waals surface area contributed by atoms with Gasteiger partial charge in [-0.15, -0.1) is 0 Å². The van der Waals surface area contributed by atoms with E-state index in [1.165, 1.54) is 18.0 Å². The first-order chi connectivity index (χ1) is 13.2. The SMILES string of the molecule is CCOC(=O)c1nn(COCC[Si](C)(C)C)cc1Nc1nc(Cl)ncc1OC. The first kappa shape index (κ1) is 22.1. The molecule has 0 unspecified atom stereocenters. The number of nitrogens with zero attached hydrogens (tertiary/aromatic N) is 4. The zero-order valence-corrected chi connectivity index (χ0v) is 18.5. The van der Waals surface area contributed by atoms with Crippen LogP contribution in [0.1, 0.15) is 17.4 Å². The van der Waals surface area contributed by atoms with E-state index in [9.17, 15) is 4.79 Å². The van der Waals surface area contributed by atoms with E-state index in [1.54, 1.807) is 13.1 Å². The molecule has 0 saturated heterocycles. The minimum atomic E-state index is -1.18. The molecule has 0 aliphatic carbocycles. The lowest BCUT2D eigenvalue weighted by molar-refractivity contribution is 0.0511. The number of esters is 1. The number of hydrogen-bond acceptors (Lipinski definition) is 8. The summed E-state index contributed by atoms with van der Waals surface area (Å²) in [6.07, 6.45) is 3.09. The Labute approximate surface area is 170 Å². The number of halogens is 1. The van der Waals surface area contributed by atoms with Crippen molar-refractivity contribution in [1.29, 1.82) is 0 Å². The van der Waals surface area contributed by atoms with Crippen LogP contribution in [0.3, 0.4) is 0 Å². The van der Waals surface area contributed by atoms with Gasteiger partial charge in [-0.3, -0.25) is 0 Å². The molecular weight excluding hydrogens is 402 g/mol. The second-order valence-corrected chi connectivity index (χ2v) is 13.1. The monoisotopic (exact) mass is 427 g/mol. The predicted octanol–water partition coefficient (Wildman–Crippen LogP) is 3.57. The van der Waals surface area contributed by atoms with Gasteiger partial charge in [0.1, 0.15) is 6.73 Å². The second kappa shape index (κ2) is 9.85. The normalized spacial score (nSPS) is 11.4. The van der Waals surface area contributed by atoms with Crippen molar-refractivity contribution >= 4 is 37.1 Å². The molecule has 2 aromatic rings. The molecule has 11 heteroatoms. The van der Waals surface area contributed by atoms with Gasteiger partial charge in [0.25, 0.3) is 0 Å². The molecule has 0 spiro atoms. The van der Waals surface area contributed by atoms with Gasteiger partial charge in [0.05, 0.1) is 31.8 Å². The average Bonchev–Trinajstić information content (AvgIpc) is 3.01. The van der Waals surface area contributed by atoms with Crippen LogP contribution < -0.4 is 10.1 Å². The lowest BCUT2D eigenvalue weighted by Gasteiger charge is -2.15. The highest BCUT2D eigenvalue weighted by Gasteiger charge is 2.20. The molecule has 0 atom stereocenters. The van der Waals surface area contributed by atoms with Crippen LogP contribution in [-0.2, 0) is 16.2 Å². The number of rotatable bonds is 10. The maximum absolute atomic E-state index is 12.3. The molecule has 0 fully saturated rings. The molecule has 0 bridgehead atoms. The number of ether oxygens (including phenoxy) is 3. The lowest BCUT2D eigenvalue weighted by Crippen LogP contribution is -2.22. The van der Waals surface area contributed by atoms with Crippen molar-refractivity contribution in [3.8, 4) is 5.75 Å². The Kier molecular flexibility index (Phi) is 7.78. The van der Waals surface area contributed by atoms with Crippen molar-refractivity contribution in [3.05, 3.63) is 23.4 Å². The summed E-state index contributed by atoms with van der Waals surface area (Å²) in [7, 11) is 0.308. The third-order valence-electron chi connectivity index (χ3n) is 3.65. The maximum atomic E-state index is 12.3. The summed E-state index contributed by atoms with van der Waals surface area (Å²) in [6.45, 7) is 9.68. The van der Waals surface area contributed by atoms with Crippen LogP contribution in [0.5, 0.6) is 5.75 Å². The fraction of sp³-hybridized carbons (Fsp3) is 0.529. The van der Waals surface area contributed by atoms with Gasteiger partial charge in [-0.1, -0.05) is 19.6 Å². The Morgan fingerprint density at radius 3 is 2.75 bits per heavy atom. The number of nitrogens with one attached hydrogen (secondary N) is 1. The summed E-state index contributed by atoms with van der Waals surface area (Å²) in [5, 5.41) is 7.34. The van der Waals surface area contributed by atoms with Crippen LogP contribution >= 0.6 is 11.6 Å². The number of anilines is 2. The van der Waals surface area contributed by atoms with E-state index in [1.807, 2.05) is 0 Å². The summed E-state index contributed by atoms with van der Waals surface area (Å²) in [4.78, 5) is 20.3. The van der Waals surface area contributed by atoms with Crippen LogP contribution in [0.2, 0.25) is 31.0 Å². The fourth-order valence-corrected chi connectivity index (χ4v) is 3.07.